The van der Waals surface area contributed by atoms with E-state index < -0.39 is 18.3 Å². The molecule has 5 aromatic rings. The summed E-state index contributed by atoms with van der Waals surface area (Å²) >= 11 is 3.91. The monoisotopic (exact) mass is 720 g/mol. The van der Waals surface area contributed by atoms with Crippen LogP contribution in [0.4, 0.5) is 0 Å². The number of benzene rings is 5. The SMILES string of the molecule is c1ccc(COC[C@@H](OCc2ccccc2)[C@@H](OCc2ccccc2)[C@H](OCc2ccccc2)[C@@H](OCc2ccccc2)C2SCCCS2)cc1. The van der Waals surface area contributed by atoms with Crippen LogP contribution < -0.4 is 0 Å². The highest BCUT2D eigenvalue weighted by Gasteiger charge is 2.43. The van der Waals surface area contributed by atoms with Crippen LogP contribution in [0, 0.1) is 0 Å². The molecule has 1 heterocycles. The van der Waals surface area contributed by atoms with E-state index >= 15 is 0 Å². The highest BCUT2D eigenvalue weighted by atomic mass is 32.2. The van der Waals surface area contributed by atoms with Crippen LogP contribution in [-0.4, -0.2) is 47.1 Å². The Hall–Kier alpha value is -3.40. The Bertz CT molecular complexity index is 1620. The molecule has 6 rings (SSSR count). The summed E-state index contributed by atoms with van der Waals surface area (Å²) in [6.07, 6.45) is -0.558. The second kappa shape index (κ2) is 21.2. The molecule has 4 atom stereocenters. The summed E-state index contributed by atoms with van der Waals surface area (Å²) in [5.74, 6) is 2.16. The smallest absolute Gasteiger partial charge is 0.115 e. The number of hydrogen-bond donors (Lipinski definition) is 0. The molecular formula is C44H48O5S2. The molecule has 1 aliphatic rings. The van der Waals surface area contributed by atoms with Gasteiger partial charge < -0.3 is 23.7 Å². The van der Waals surface area contributed by atoms with Gasteiger partial charge >= 0.3 is 0 Å². The Labute approximate surface area is 312 Å². The highest BCUT2D eigenvalue weighted by molar-refractivity contribution is 8.17. The first-order valence-corrected chi connectivity index (χ1v) is 19.9. The van der Waals surface area contributed by atoms with Crippen molar-refractivity contribution in [3.05, 3.63) is 179 Å². The van der Waals surface area contributed by atoms with Gasteiger partial charge in [0.15, 0.2) is 0 Å². The molecule has 1 aliphatic heterocycles. The summed E-state index contributed by atoms with van der Waals surface area (Å²) in [7, 11) is 0. The maximum atomic E-state index is 7.07. The maximum absolute atomic E-state index is 7.07. The molecular weight excluding hydrogens is 673 g/mol. The van der Waals surface area contributed by atoms with Crippen molar-refractivity contribution in [1.29, 1.82) is 0 Å². The summed E-state index contributed by atoms with van der Waals surface area (Å²) in [5, 5.41) is 0. The third-order valence-corrected chi connectivity index (χ3v) is 11.8. The largest absolute Gasteiger partial charge is 0.374 e. The molecule has 0 N–H and O–H groups in total. The zero-order valence-electron chi connectivity index (χ0n) is 29.0. The predicted octanol–water partition coefficient (Wildman–Crippen LogP) is 9.74. The molecule has 51 heavy (non-hydrogen) atoms. The van der Waals surface area contributed by atoms with Crippen molar-refractivity contribution in [1.82, 2.24) is 0 Å². The molecule has 1 fully saturated rings. The second-order valence-electron chi connectivity index (χ2n) is 12.6. The minimum atomic E-state index is -0.516. The molecule has 5 aromatic carbocycles. The van der Waals surface area contributed by atoms with Gasteiger partial charge in [0.2, 0.25) is 0 Å². The van der Waals surface area contributed by atoms with Crippen LogP contribution in [0.1, 0.15) is 34.2 Å². The molecule has 0 aliphatic carbocycles. The lowest BCUT2D eigenvalue weighted by molar-refractivity contribution is -0.197. The number of thioether (sulfide) groups is 2. The first kappa shape index (κ1) is 37.4. The van der Waals surface area contributed by atoms with Gasteiger partial charge in [-0.3, -0.25) is 0 Å². The first-order valence-electron chi connectivity index (χ1n) is 17.8. The molecule has 0 spiro atoms. The first-order chi connectivity index (χ1) is 25.3. The summed E-state index contributed by atoms with van der Waals surface area (Å²) in [4.78, 5) is 0. The predicted molar refractivity (Wildman–Crippen MR) is 209 cm³/mol. The fourth-order valence-corrected chi connectivity index (χ4v) is 9.07. The van der Waals surface area contributed by atoms with Gasteiger partial charge in [0.25, 0.3) is 0 Å². The lowest BCUT2D eigenvalue weighted by Crippen LogP contribution is -2.53. The van der Waals surface area contributed by atoms with Crippen LogP contribution in [0.5, 0.6) is 0 Å². The Kier molecular flexibility index (Phi) is 15.5. The highest BCUT2D eigenvalue weighted by Crippen LogP contribution is 2.38. The molecule has 0 bridgehead atoms. The van der Waals surface area contributed by atoms with Gasteiger partial charge in [-0.2, -0.15) is 0 Å². The molecule has 0 amide bonds. The van der Waals surface area contributed by atoms with Crippen molar-refractivity contribution in [2.75, 3.05) is 18.1 Å². The van der Waals surface area contributed by atoms with Gasteiger partial charge in [-0.15, -0.1) is 23.5 Å². The van der Waals surface area contributed by atoms with E-state index in [9.17, 15) is 0 Å². The van der Waals surface area contributed by atoms with E-state index in [1.165, 1.54) is 6.42 Å². The maximum Gasteiger partial charge on any atom is 0.115 e. The van der Waals surface area contributed by atoms with Crippen molar-refractivity contribution in [2.24, 2.45) is 0 Å². The third-order valence-electron chi connectivity index (χ3n) is 8.69. The fraction of sp³-hybridized carbons (Fsp3) is 0.318. The number of ether oxygens (including phenoxy) is 5. The average Bonchev–Trinajstić information content (AvgIpc) is 3.20. The van der Waals surface area contributed by atoms with Crippen LogP contribution in [0.3, 0.4) is 0 Å². The van der Waals surface area contributed by atoms with E-state index in [4.69, 9.17) is 23.7 Å². The van der Waals surface area contributed by atoms with Crippen molar-refractivity contribution in [3.8, 4) is 0 Å². The van der Waals surface area contributed by atoms with Gasteiger partial charge in [0, 0.05) is 0 Å². The lowest BCUT2D eigenvalue weighted by Gasteiger charge is -2.41. The lowest BCUT2D eigenvalue weighted by atomic mass is 10.0. The molecule has 266 valence electrons. The topological polar surface area (TPSA) is 46.2 Å². The molecule has 0 unspecified atom stereocenters. The van der Waals surface area contributed by atoms with Crippen LogP contribution in [0.15, 0.2) is 152 Å². The molecule has 5 nitrogen and oxygen atoms in total. The van der Waals surface area contributed by atoms with Crippen molar-refractivity contribution in [2.45, 2.75) is 68.5 Å². The minimum Gasteiger partial charge on any atom is -0.374 e. The fourth-order valence-electron chi connectivity index (χ4n) is 6.00. The van der Waals surface area contributed by atoms with Gasteiger partial charge in [-0.1, -0.05) is 152 Å². The van der Waals surface area contributed by atoms with Crippen LogP contribution in [0.2, 0.25) is 0 Å². The molecule has 7 heteroatoms. The van der Waals surface area contributed by atoms with Gasteiger partial charge in [0.1, 0.15) is 24.4 Å². The summed E-state index contributed by atoms with van der Waals surface area (Å²) in [5.41, 5.74) is 5.50. The quantitative estimate of drug-likeness (QED) is 0.0794. The summed E-state index contributed by atoms with van der Waals surface area (Å²) < 4.78 is 34.6. The Morgan fingerprint density at radius 1 is 0.431 bits per heavy atom. The van der Waals surface area contributed by atoms with Gasteiger partial charge in [-0.05, 0) is 45.7 Å². The zero-order valence-corrected chi connectivity index (χ0v) is 30.7. The van der Waals surface area contributed by atoms with E-state index in [1.807, 2.05) is 90.3 Å². The van der Waals surface area contributed by atoms with Crippen molar-refractivity contribution < 1.29 is 23.7 Å². The Balaban J connectivity index is 1.35. The van der Waals surface area contributed by atoms with E-state index in [2.05, 4.69) is 84.9 Å². The summed E-state index contributed by atoms with van der Waals surface area (Å²) in [6, 6.07) is 51.6. The van der Waals surface area contributed by atoms with E-state index in [1.54, 1.807) is 0 Å². The van der Waals surface area contributed by atoms with Crippen LogP contribution in [-0.2, 0) is 56.7 Å². The third kappa shape index (κ3) is 12.4. The Morgan fingerprint density at radius 2 is 0.804 bits per heavy atom. The van der Waals surface area contributed by atoms with E-state index in [0.717, 1.165) is 39.3 Å². The average molecular weight is 721 g/mol. The summed E-state index contributed by atoms with van der Waals surface area (Å²) in [6.45, 7) is 2.49. The standard InChI is InChI=1S/C44H48O5S2/c1-6-17-35(18-7-1)29-45-34-40(46-30-36-19-8-2-9-20-36)41(47-31-37-21-10-3-11-22-37)42(48-32-38-23-12-4-13-24-38)43(44-50-27-16-28-51-44)49-33-39-25-14-5-15-26-39/h1-15,17-26,40-44H,16,27-34H2/t40-,41-,42+,43-/m1/s1. The normalized spacial score (nSPS) is 15.9. The Morgan fingerprint density at radius 3 is 1.25 bits per heavy atom. The zero-order chi connectivity index (χ0) is 34.8. The number of hydrogen-bond acceptors (Lipinski definition) is 7. The molecule has 1 saturated heterocycles. The second-order valence-corrected chi connectivity index (χ2v) is 15.4. The molecule has 0 saturated carbocycles. The van der Waals surface area contributed by atoms with Crippen LogP contribution >= 0.6 is 23.5 Å². The molecule has 0 aromatic heterocycles. The van der Waals surface area contributed by atoms with Crippen molar-refractivity contribution in [3.63, 3.8) is 0 Å². The van der Waals surface area contributed by atoms with Crippen molar-refractivity contribution >= 4 is 23.5 Å². The molecule has 0 radical (unpaired) electrons. The van der Waals surface area contributed by atoms with Gasteiger partial charge in [-0.25, -0.2) is 0 Å². The number of rotatable bonds is 20. The van der Waals surface area contributed by atoms with E-state index in [-0.39, 0.29) is 10.7 Å². The van der Waals surface area contributed by atoms with Crippen LogP contribution in [0.25, 0.3) is 0 Å². The van der Waals surface area contributed by atoms with Gasteiger partial charge in [0.05, 0.1) is 44.2 Å². The minimum absolute atomic E-state index is 0.158. The van der Waals surface area contributed by atoms with E-state index in [0.29, 0.717) is 39.6 Å².